The van der Waals surface area contributed by atoms with Gasteiger partial charge in [-0.1, -0.05) is 26.3 Å². The molecule has 0 bridgehead atoms. The summed E-state index contributed by atoms with van der Waals surface area (Å²) in [7, 11) is 0. The van der Waals surface area contributed by atoms with Crippen LogP contribution in [0.4, 0.5) is 0 Å². The summed E-state index contributed by atoms with van der Waals surface area (Å²) in [6.07, 6.45) is 4.69. The molecule has 0 radical (unpaired) electrons. The van der Waals surface area contributed by atoms with Gasteiger partial charge >= 0.3 is 0 Å². The van der Waals surface area contributed by atoms with Crippen molar-refractivity contribution in [3.8, 4) is 0 Å². The van der Waals surface area contributed by atoms with Crippen molar-refractivity contribution in [2.45, 2.75) is 32.6 Å². The molecule has 0 rings (SSSR count). The molecule has 2 nitrogen and oxygen atoms in total. The van der Waals surface area contributed by atoms with E-state index >= 15 is 0 Å². The summed E-state index contributed by atoms with van der Waals surface area (Å²) in [5.74, 6) is 0. The van der Waals surface area contributed by atoms with Crippen molar-refractivity contribution in [2.75, 3.05) is 13.1 Å². The largest absolute Gasteiger partial charge is 0.389 e. The van der Waals surface area contributed by atoms with Crippen molar-refractivity contribution in [2.24, 2.45) is 5.73 Å². The van der Waals surface area contributed by atoms with E-state index in [4.69, 9.17) is 5.73 Å². The Balaban J connectivity index is 3.04. The third-order valence-corrected chi connectivity index (χ3v) is 1.60. The van der Waals surface area contributed by atoms with Crippen LogP contribution in [0.5, 0.6) is 0 Å². The molecular weight excluding hydrogens is 136 g/mol. The van der Waals surface area contributed by atoms with E-state index in [9.17, 15) is 0 Å². The molecule has 0 fully saturated rings. The quantitative estimate of drug-likeness (QED) is 0.550. The van der Waals surface area contributed by atoms with Crippen LogP contribution in [0.2, 0.25) is 0 Å². The van der Waals surface area contributed by atoms with E-state index in [-0.39, 0.29) is 0 Å². The lowest BCUT2D eigenvalue weighted by Crippen LogP contribution is -2.16. The predicted octanol–water partition coefficient (Wildman–Crippen LogP) is 1.63. The minimum absolute atomic E-state index is 0.694. The van der Waals surface area contributed by atoms with E-state index < -0.39 is 0 Å². The van der Waals surface area contributed by atoms with E-state index in [0.717, 1.165) is 18.7 Å². The molecule has 0 atom stereocenters. The Bertz CT molecular complexity index is 99.7. The zero-order valence-corrected chi connectivity index (χ0v) is 7.53. The number of nitrogens with one attached hydrogen (secondary N) is 1. The molecule has 0 aromatic heterocycles. The fraction of sp³-hybridized carbons (Fsp3) is 0.778. The third kappa shape index (κ3) is 7.40. The highest BCUT2D eigenvalue weighted by Crippen LogP contribution is 1.94. The average molecular weight is 156 g/mol. The Morgan fingerprint density at radius 3 is 2.73 bits per heavy atom. The maximum atomic E-state index is 5.36. The topological polar surface area (TPSA) is 38.0 Å². The fourth-order valence-corrected chi connectivity index (χ4v) is 0.903. The van der Waals surface area contributed by atoms with Crippen molar-refractivity contribution in [1.82, 2.24) is 5.32 Å². The maximum absolute atomic E-state index is 5.36. The van der Waals surface area contributed by atoms with E-state index in [1.54, 1.807) is 0 Å². The second kappa shape index (κ2) is 7.61. The number of rotatable bonds is 7. The number of hydrogen-bond acceptors (Lipinski definition) is 2. The highest BCUT2D eigenvalue weighted by molar-refractivity contribution is 4.90. The van der Waals surface area contributed by atoms with Crippen LogP contribution in [-0.2, 0) is 0 Å². The van der Waals surface area contributed by atoms with Crippen LogP contribution in [-0.4, -0.2) is 13.1 Å². The van der Waals surface area contributed by atoms with Crippen LogP contribution in [0.15, 0.2) is 12.3 Å². The SMILES string of the molecule is C=C(CCN)NCCCCC. The molecule has 0 aromatic carbocycles. The zero-order chi connectivity index (χ0) is 8.53. The smallest absolute Gasteiger partial charge is 0.0143 e. The van der Waals surface area contributed by atoms with Gasteiger partial charge in [0.1, 0.15) is 0 Å². The Morgan fingerprint density at radius 1 is 1.45 bits per heavy atom. The molecule has 0 aliphatic carbocycles. The van der Waals surface area contributed by atoms with Gasteiger partial charge in [0.2, 0.25) is 0 Å². The van der Waals surface area contributed by atoms with Gasteiger partial charge in [0.05, 0.1) is 0 Å². The van der Waals surface area contributed by atoms with Crippen molar-refractivity contribution in [3.05, 3.63) is 12.3 Å². The van der Waals surface area contributed by atoms with E-state index in [0.29, 0.717) is 6.54 Å². The normalized spacial score (nSPS) is 9.64. The lowest BCUT2D eigenvalue weighted by molar-refractivity contribution is 0.654. The van der Waals surface area contributed by atoms with Gasteiger partial charge < -0.3 is 11.1 Å². The molecule has 0 aromatic rings. The van der Waals surface area contributed by atoms with Gasteiger partial charge in [0.25, 0.3) is 0 Å². The van der Waals surface area contributed by atoms with Crippen LogP contribution >= 0.6 is 0 Å². The van der Waals surface area contributed by atoms with Gasteiger partial charge in [-0.3, -0.25) is 0 Å². The molecule has 2 heteroatoms. The highest BCUT2D eigenvalue weighted by atomic mass is 14.9. The molecule has 0 saturated heterocycles. The number of unbranched alkanes of at least 4 members (excludes halogenated alkanes) is 2. The van der Waals surface area contributed by atoms with Crippen molar-refractivity contribution in [3.63, 3.8) is 0 Å². The van der Waals surface area contributed by atoms with E-state index in [1.165, 1.54) is 19.3 Å². The van der Waals surface area contributed by atoms with Crippen LogP contribution < -0.4 is 11.1 Å². The standard InChI is InChI=1S/C9H20N2/c1-3-4-5-8-11-9(2)6-7-10/h11H,2-8,10H2,1H3. The summed E-state index contributed by atoms with van der Waals surface area (Å²) in [5, 5.41) is 3.24. The molecule has 0 amide bonds. The highest BCUT2D eigenvalue weighted by Gasteiger charge is 1.90. The molecule has 66 valence electrons. The molecule has 0 heterocycles. The molecule has 0 aliphatic rings. The summed E-state index contributed by atoms with van der Waals surface area (Å²) in [6, 6.07) is 0. The Hall–Kier alpha value is -0.500. The first kappa shape index (κ1) is 10.5. The first-order valence-corrected chi connectivity index (χ1v) is 4.43. The number of nitrogens with two attached hydrogens (primary N) is 1. The minimum atomic E-state index is 0.694. The third-order valence-electron chi connectivity index (χ3n) is 1.60. The minimum Gasteiger partial charge on any atom is -0.389 e. The molecule has 0 spiro atoms. The summed E-state index contributed by atoms with van der Waals surface area (Å²) in [5.41, 5.74) is 6.43. The first-order valence-electron chi connectivity index (χ1n) is 4.43. The van der Waals surface area contributed by atoms with E-state index in [2.05, 4.69) is 18.8 Å². The summed E-state index contributed by atoms with van der Waals surface area (Å²) >= 11 is 0. The van der Waals surface area contributed by atoms with E-state index in [1.807, 2.05) is 0 Å². The summed E-state index contributed by atoms with van der Waals surface area (Å²) in [6.45, 7) is 7.80. The maximum Gasteiger partial charge on any atom is 0.0143 e. The molecule has 0 saturated carbocycles. The fourth-order valence-electron chi connectivity index (χ4n) is 0.903. The van der Waals surface area contributed by atoms with Gasteiger partial charge in [-0.25, -0.2) is 0 Å². The Morgan fingerprint density at radius 2 is 2.18 bits per heavy atom. The summed E-state index contributed by atoms with van der Waals surface area (Å²) < 4.78 is 0. The second-order valence-electron chi connectivity index (χ2n) is 2.78. The van der Waals surface area contributed by atoms with Gasteiger partial charge in [0.15, 0.2) is 0 Å². The Kier molecular flexibility index (Phi) is 7.26. The van der Waals surface area contributed by atoms with Crippen LogP contribution in [0.1, 0.15) is 32.6 Å². The summed E-state index contributed by atoms with van der Waals surface area (Å²) in [4.78, 5) is 0. The average Bonchev–Trinajstić information content (AvgIpc) is 1.99. The van der Waals surface area contributed by atoms with Crippen molar-refractivity contribution in [1.29, 1.82) is 0 Å². The lowest BCUT2D eigenvalue weighted by Gasteiger charge is -2.06. The second-order valence-corrected chi connectivity index (χ2v) is 2.78. The molecular formula is C9H20N2. The van der Waals surface area contributed by atoms with Crippen molar-refractivity contribution >= 4 is 0 Å². The zero-order valence-electron chi connectivity index (χ0n) is 7.53. The predicted molar refractivity (Wildman–Crippen MR) is 50.3 cm³/mol. The Labute approximate surface area is 69.9 Å². The number of hydrogen-bond donors (Lipinski definition) is 2. The molecule has 0 unspecified atom stereocenters. The molecule has 11 heavy (non-hydrogen) atoms. The van der Waals surface area contributed by atoms with Gasteiger partial charge in [-0.05, 0) is 19.4 Å². The monoisotopic (exact) mass is 156 g/mol. The van der Waals surface area contributed by atoms with Crippen LogP contribution in [0, 0.1) is 0 Å². The van der Waals surface area contributed by atoms with Crippen molar-refractivity contribution < 1.29 is 0 Å². The molecule has 3 N–H and O–H groups in total. The first-order chi connectivity index (χ1) is 5.31. The van der Waals surface area contributed by atoms with Crippen LogP contribution in [0.25, 0.3) is 0 Å². The van der Waals surface area contributed by atoms with Gasteiger partial charge in [0, 0.05) is 12.2 Å². The van der Waals surface area contributed by atoms with Crippen LogP contribution in [0.3, 0.4) is 0 Å². The van der Waals surface area contributed by atoms with Gasteiger partial charge in [-0.2, -0.15) is 0 Å². The van der Waals surface area contributed by atoms with Gasteiger partial charge in [-0.15, -0.1) is 0 Å². The lowest BCUT2D eigenvalue weighted by atomic mass is 10.2. The molecule has 0 aliphatic heterocycles.